The molecule has 3 aromatic rings. The Morgan fingerprint density at radius 2 is 1.60 bits per heavy atom. The molecule has 0 spiro atoms. The summed E-state index contributed by atoms with van der Waals surface area (Å²) < 4.78 is 0. The van der Waals surface area contributed by atoms with Crippen LogP contribution in [0.5, 0.6) is 0 Å². The van der Waals surface area contributed by atoms with Crippen molar-refractivity contribution in [1.29, 1.82) is 0 Å². The SMILES string of the molecule is CC(C)(C)c1ccc(NCc2cc(-c3ccc(Cl)cc3)ncn2)cc1. The number of rotatable bonds is 4. The van der Waals surface area contributed by atoms with Crippen LogP contribution in [-0.4, -0.2) is 9.97 Å². The first kappa shape index (κ1) is 17.4. The molecule has 3 rings (SSSR count). The van der Waals surface area contributed by atoms with Gasteiger partial charge in [-0.25, -0.2) is 9.97 Å². The summed E-state index contributed by atoms with van der Waals surface area (Å²) in [6.45, 7) is 7.30. The summed E-state index contributed by atoms with van der Waals surface area (Å²) in [5.41, 5.74) is 5.44. The molecule has 128 valence electrons. The van der Waals surface area contributed by atoms with Gasteiger partial charge in [-0.3, -0.25) is 0 Å². The molecule has 4 heteroatoms. The molecule has 0 bridgehead atoms. The lowest BCUT2D eigenvalue weighted by molar-refractivity contribution is 0.590. The molecule has 0 saturated carbocycles. The summed E-state index contributed by atoms with van der Waals surface area (Å²) in [4.78, 5) is 8.71. The number of nitrogens with one attached hydrogen (secondary N) is 1. The lowest BCUT2D eigenvalue weighted by Crippen LogP contribution is -2.11. The summed E-state index contributed by atoms with van der Waals surface area (Å²) in [5.74, 6) is 0. The fourth-order valence-electron chi connectivity index (χ4n) is 2.55. The second kappa shape index (κ2) is 7.24. The van der Waals surface area contributed by atoms with Gasteiger partial charge < -0.3 is 5.32 Å². The van der Waals surface area contributed by atoms with Crippen LogP contribution in [0.1, 0.15) is 32.0 Å². The summed E-state index contributed by atoms with van der Waals surface area (Å²) in [6.07, 6.45) is 1.60. The Kier molecular flexibility index (Phi) is 5.05. The van der Waals surface area contributed by atoms with Crippen LogP contribution in [-0.2, 0) is 12.0 Å². The monoisotopic (exact) mass is 351 g/mol. The third-order valence-corrected chi connectivity index (χ3v) is 4.34. The van der Waals surface area contributed by atoms with Gasteiger partial charge in [-0.05, 0) is 41.3 Å². The maximum Gasteiger partial charge on any atom is 0.116 e. The molecule has 0 amide bonds. The third-order valence-electron chi connectivity index (χ3n) is 4.09. The Bertz CT molecular complexity index is 834. The van der Waals surface area contributed by atoms with Crippen molar-refractivity contribution >= 4 is 17.3 Å². The number of hydrogen-bond donors (Lipinski definition) is 1. The largest absolute Gasteiger partial charge is 0.379 e. The minimum atomic E-state index is 0.165. The van der Waals surface area contributed by atoms with E-state index in [2.05, 4.69) is 60.3 Å². The minimum Gasteiger partial charge on any atom is -0.379 e. The van der Waals surface area contributed by atoms with E-state index in [0.717, 1.165) is 27.7 Å². The highest BCUT2D eigenvalue weighted by molar-refractivity contribution is 6.30. The van der Waals surface area contributed by atoms with E-state index in [9.17, 15) is 0 Å². The molecule has 25 heavy (non-hydrogen) atoms. The van der Waals surface area contributed by atoms with E-state index < -0.39 is 0 Å². The second-order valence-electron chi connectivity index (χ2n) is 7.08. The van der Waals surface area contributed by atoms with Gasteiger partial charge in [0.2, 0.25) is 0 Å². The highest BCUT2D eigenvalue weighted by Crippen LogP contribution is 2.24. The summed E-state index contributed by atoms with van der Waals surface area (Å²) in [5, 5.41) is 4.14. The lowest BCUT2D eigenvalue weighted by Gasteiger charge is -2.19. The van der Waals surface area contributed by atoms with Crippen LogP contribution in [0.25, 0.3) is 11.3 Å². The number of aromatic nitrogens is 2. The Hall–Kier alpha value is -2.39. The predicted molar refractivity (Wildman–Crippen MR) is 105 cm³/mol. The Morgan fingerprint density at radius 3 is 2.24 bits per heavy atom. The van der Waals surface area contributed by atoms with Gasteiger partial charge in [0.25, 0.3) is 0 Å². The second-order valence-corrected chi connectivity index (χ2v) is 7.52. The molecule has 0 aliphatic rings. The molecule has 0 fully saturated rings. The molecule has 1 heterocycles. The van der Waals surface area contributed by atoms with Crippen LogP contribution in [0.15, 0.2) is 60.9 Å². The molecule has 3 nitrogen and oxygen atoms in total. The molecular weight excluding hydrogens is 330 g/mol. The normalized spacial score (nSPS) is 11.4. The highest BCUT2D eigenvalue weighted by Gasteiger charge is 2.12. The first-order valence-electron chi connectivity index (χ1n) is 8.33. The first-order chi connectivity index (χ1) is 11.9. The summed E-state index contributed by atoms with van der Waals surface area (Å²) in [7, 11) is 0. The molecular formula is C21H22ClN3. The Morgan fingerprint density at radius 1 is 0.920 bits per heavy atom. The summed E-state index contributed by atoms with van der Waals surface area (Å²) >= 11 is 5.94. The van der Waals surface area contributed by atoms with E-state index in [1.54, 1.807) is 6.33 Å². The standard InChI is InChI=1S/C21H22ClN3/c1-21(2,3)16-6-10-18(11-7-16)23-13-19-12-20(25-14-24-19)15-4-8-17(22)9-5-15/h4-12,14,23H,13H2,1-3H3. The van der Waals surface area contributed by atoms with Crippen LogP contribution in [0.4, 0.5) is 5.69 Å². The first-order valence-corrected chi connectivity index (χ1v) is 8.71. The van der Waals surface area contributed by atoms with Crippen LogP contribution in [0.3, 0.4) is 0 Å². The van der Waals surface area contributed by atoms with Crippen molar-refractivity contribution in [2.24, 2.45) is 0 Å². The average molecular weight is 352 g/mol. The molecule has 0 saturated heterocycles. The van der Waals surface area contributed by atoms with Crippen LogP contribution >= 0.6 is 11.6 Å². The maximum absolute atomic E-state index is 5.94. The summed E-state index contributed by atoms with van der Waals surface area (Å²) in [6, 6.07) is 18.2. The van der Waals surface area contributed by atoms with Crippen molar-refractivity contribution in [2.45, 2.75) is 32.7 Å². The number of anilines is 1. The number of halogens is 1. The van der Waals surface area contributed by atoms with Gasteiger partial charge in [-0.2, -0.15) is 0 Å². The van der Waals surface area contributed by atoms with Crippen LogP contribution in [0, 0.1) is 0 Å². The topological polar surface area (TPSA) is 37.8 Å². The van der Waals surface area contributed by atoms with Gasteiger partial charge in [-0.1, -0.05) is 56.6 Å². The van der Waals surface area contributed by atoms with Crippen molar-refractivity contribution in [1.82, 2.24) is 9.97 Å². The molecule has 0 atom stereocenters. The van der Waals surface area contributed by atoms with E-state index in [-0.39, 0.29) is 5.41 Å². The number of nitrogens with zero attached hydrogens (tertiary/aromatic N) is 2. The zero-order valence-corrected chi connectivity index (χ0v) is 15.5. The van der Waals surface area contributed by atoms with Crippen molar-refractivity contribution in [3.8, 4) is 11.3 Å². The molecule has 1 N–H and O–H groups in total. The number of hydrogen-bond acceptors (Lipinski definition) is 3. The molecule has 0 unspecified atom stereocenters. The van der Waals surface area contributed by atoms with Crippen molar-refractivity contribution in [3.63, 3.8) is 0 Å². The van der Waals surface area contributed by atoms with Gasteiger partial charge in [0.15, 0.2) is 0 Å². The number of benzene rings is 2. The Labute approximate surface area is 154 Å². The fourth-order valence-corrected chi connectivity index (χ4v) is 2.68. The van der Waals surface area contributed by atoms with Gasteiger partial charge in [0.05, 0.1) is 17.9 Å². The van der Waals surface area contributed by atoms with E-state index >= 15 is 0 Å². The van der Waals surface area contributed by atoms with Gasteiger partial charge in [-0.15, -0.1) is 0 Å². The van der Waals surface area contributed by atoms with Gasteiger partial charge >= 0.3 is 0 Å². The molecule has 0 aliphatic heterocycles. The quantitative estimate of drug-likeness (QED) is 0.654. The smallest absolute Gasteiger partial charge is 0.116 e. The van der Waals surface area contributed by atoms with E-state index in [4.69, 9.17) is 11.6 Å². The third kappa shape index (κ3) is 4.58. The zero-order chi connectivity index (χ0) is 17.9. The zero-order valence-electron chi connectivity index (χ0n) is 14.8. The van der Waals surface area contributed by atoms with Gasteiger partial charge in [0.1, 0.15) is 6.33 Å². The van der Waals surface area contributed by atoms with E-state index in [1.807, 2.05) is 30.3 Å². The van der Waals surface area contributed by atoms with Crippen molar-refractivity contribution < 1.29 is 0 Å². The van der Waals surface area contributed by atoms with Crippen molar-refractivity contribution in [2.75, 3.05) is 5.32 Å². The average Bonchev–Trinajstić information content (AvgIpc) is 2.60. The maximum atomic E-state index is 5.94. The van der Waals surface area contributed by atoms with Gasteiger partial charge in [0, 0.05) is 16.3 Å². The van der Waals surface area contributed by atoms with Crippen molar-refractivity contribution in [3.05, 3.63) is 77.2 Å². The fraction of sp³-hybridized carbons (Fsp3) is 0.238. The molecule has 0 aliphatic carbocycles. The Balaban J connectivity index is 1.69. The predicted octanol–water partition coefficient (Wildman–Crippen LogP) is 5.71. The minimum absolute atomic E-state index is 0.165. The highest BCUT2D eigenvalue weighted by atomic mass is 35.5. The van der Waals surface area contributed by atoms with E-state index in [0.29, 0.717) is 6.54 Å². The van der Waals surface area contributed by atoms with Crippen LogP contribution in [0.2, 0.25) is 5.02 Å². The lowest BCUT2D eigenvalue weighted by atomic mass is 9.87. The molecule has 0 radical (unpaired) electrons. The van der Waals surface area contributed by atoms with Crippen LogP contribution < -0.4 is 5.32 Å². The molecule has 1 aromatic heterocycles. The molecule has 2 aromatic carbocycles. The van der Waals surface area contributed by atoms with E-state index in [1.165, 1.54) is 5.56 Å².